The van der Waals surface area contributed by atoms with Crippen molar-refractivity contribution in [2.75, 3.05) is 26.1 Å². The summed E-state index contributed by atoms with van der Waals surface area (Å²) in [6, 6.07) is 8.58. The number of fused-ring (bicyclic) bond motifs is 1. The van der Waals surface area contributed by atoms with Gasteiger partial charge < -0.3 is 19.5 Å². The summed E-state index contributed by atoms with van der Waals surface area (Å²) < 4.78 is 17.3. The summed E-state index contributed by atoms with van der Waals surface area (Å²) >= 11 is 0. The Morgan fingerprint density at radius 1 is 1.20 bits per heavy atom. The van der Waals surface area contributed by atoms with E-state index in [1.807, 2.05) is 6.92 Å². The summed E-state index contributed by atoms with van der Waals surface area (Å²) in [7, 11) is 3.09. The van der Waals surface area contributed by atoms with Crippen molar-refractivity contribution >= 4 is 17.2 Å². The highest BCUT2D eigenvalue weighted by atomic mass is 16.5. The molecule has 0 saturated heterocycles. The van der Waals surface area contributed by atoms with Crippen LogP contribution in [0.1, 0.15) is 17.4 Å². The highest BCUT2D eigenvalue weighted by Gasteiger charge is 2.15. The molecule has 0 aliphatic rings. The second kappa shape index (κ2) is 7.08. The summed E-state index contributed by atoms with van der Waals surface area (Å²) in [5.41, 5.74) is 1.31. The van der Waals surface area contributed by atoms with Gasteiger partial charge in [-0.3, -0.25) is 4.79 Å². The lowest BCUT2D eigenvalue weighted by molar-refractivity contribution is 0.102. The van der Waals surface area contributed by atoms with Crippen LogP contribution in [0.4, 0.5) is 5.69 Å². The fourth-order valence-corrected chi connectivity index (χ4v) is 2.29. The van der Waals surface area contributed by atoms with Gasteiger partial charge in [0.25, 0.3) is 5.91 Å². The molecule has 0 atom stereocenters. The number of hydrogen-bond donors (Lipinski definition) is 1. The van der Waals surface area contributed by atoms with Crippen LogP contribution in [0.25, 0.3) is 5.65 Å². The molecule has 2 heterocycles. The smallest absolute Gasteiger partial charge is 0.276 e. The number of imidazole rings is 1. The molecule has 0 unspecified atom stereocenters. The predicted molar refractivity (Wildman–Crippen MR) is 91.7 cm³/mol. The minimum absolute atomic E-state index is 0.235. The maximum atomic E-state index is 12.5. The van der Waals surface area contributed by atoms with Crippen molar-refractivity contribution < 1.29 is 19.0 Å². The highest BCUT2D eigenvalue weighted by molar-refractivity contribution is 6.04. The fourth-order valence-electron chi connectivity index (χ4n) is 2.29. The molecule has 3 aromatic rings. The maximum Gasteiger partial charge on any atom is 0.276 e. The largest absolute Gasteiger partial charge is 0.497 e. The van der Waals surface area contributed by atoms with Crippen LogP contribution < -0.4 is 19.5 Å². The number of nitrogens with zero attached hydrogens (tertiary/aromatic N) is 3. The van der Waals surface area contributed by atoms with E-state index in [0.29, 0.717) is 35.3 Å². The van der Waals surface area contributed by atoms with Gasteiger partial charge in [-0.2, -0.15) is 0 Å². The summed E-state index contributed by atoms with van der Waals surface area (Å²) in [6.45, 7) is 2.39. The number of hydrogen-bond acceptors (Lipinski definition) is 6. The van der Waals surface area contributed by atoms with E-state index in [4.69, 9.17) is 14.2 Å². The van der Waals surface area contributed by atoms with Gasteiger partial charge in [-0.15, -0.1) is 5.10 Å². The van der Waals surface area contributed by atoms with Gasteiger partial charge in [0, 0.05) is 12.1 Å². The lowest BCUT2D eigenvalue weighted by atomic mass is 10.2. The van der Waals surface area contributed by atoms with Crippen LogP contribution in [0.2, 0.25) is 0 Å². The fraction of sp³-hybridized carbons (Fsp3) is 0.235. The Labute approximate surface area is 144 Å². The molecule has 0 aliphatic heterocycles. The zero-order valence-electron chi connectivity index (χ0n) is 14.1. The van der Waals surface area contributed by atoms with E-state index >= 15 is 0 Å². The molecule has 130 valence electrons. The van der Waals surface area contributed by atoms with Crippen LogP contribution in [0.5, 0.6) is 17.4 Å². The van der Waals surface area contributed by atoms with E-state index in [9.17, 15) is 4.79 Å². The third kappa shape index (κ3) is 3.47. The Morgan fingerprint density at radius 3 is 2.76 bits per heavy atom. The number of carbonyl (C=O) groups excluding carboxylic acids is 1. The third-order valence-electron chi connectivity index (χ3n) is 3.48. The second-order valence-electron chi connectivity index (χ2n) is 5.05. The molecule has 1 aromatic carbocycles. The number of rotatable bonds is 6. The van der Waals surface area contributed by atoms with E-state index in [-0.39, 0.29) is 11.6 Å². The van der Waals surface area contributed by atoms with Crippen molar-refractivity contribution in [3.8, 4) is 17.4 Å². The summed E-state index contributed by atoms with van der Waals surface area (Å²) in [6.07, 6.45) is 1.54. The zero-order valence-corrected chi connectivity index (χ0v) is 14.1. The Morgan fingerprint density at radius 2 is 2.04 bits per heavy atom. The molecule has 3 rings (SSSR count). The molecular formula is C17H18N4O4. The van der Waals surface area contributed by atoms with E-state index in [2.05, 4.69) is 15.4 Å². The molecule has 0 radical (unpaired) electrons. The van der Waals surface area contributed by atoms with Crippen LogP contribution in [-0.4, -0.2) is 41.3 Å². The lowest BCUT2D eigenvalue weighted by Gasteiger charge is -2.10. The van der Waals surface area contributed by atoms with E-state index in [1.54, 1.807) is 43.6 Å². The van der Waals surface area contributed by atoms with Gasteiger partial charge in [-0.25, -0.2) is 9.50 Å². The lowest BCUT2D eigenvalue weighted by Crippen LogP contribution is -2.13. The van der Waals surface area contributed by atoms with Crippen molar-refractivity contribution in [2.45, 2.75) is 6.92 Å². The highest BCUT2D eigenvalue weighted by Crippen LogP contribution is 2.29. The van der Waals surface area contributed by atoms with Gasteiger partial charge in [-0.05, 0) is 25.1 Å². The average molecular weight is 342 g/mol. The number of ether oxygens (including phenoxy) is 3. The van der Waals surface area contributed by atoms with Gasteiger partial charge in [-0.1, -0.05) is 0 Å². The molecule has 2 aromatic heterocycles. The molecule has 0 fully saturated rings. The van der Waals surface area contributed by atoms with Crippen LogP contribution in [-0.2, 0) is 0 Å². The molecule has 0 aliphatic carbocycles. The molecule has 1 amide bonds. The van der Waals surface area contributed by atoms with E-state index in [0.717, 1.165) is 0 Å². The zero-order chi connectivity index (χ0) is 17.8. The number of aromatic nitrogens is 3. The molecule has 8 heteroatoms. The van der Waals surface area contributed by atoms with Crippen molar-refractivity contribution in [2.24, 2.45) is 0 Å². The van der Waals surface area contributed by atoms with Crippen LogP contribution >= 0.6 is 0 Å². The number of benzene rings is 1. The number of carbonyl (C=O) groups is 1. The van der Waals surface area contributed by atoms with Gasteiger partial charge in [0.1, 0.15) is 17.2 Å². The average Bonchev–Trinajstić information content (AvgIpc) is 3.06. The molecular weight excluding hydrogens is 324 g/mol. The van der Waals surface area contributed by atoms with Crippen molar-refractivity contribution in [3.05, 3.63) is 42.2 Å². The summed E-state index contributed by atoms with van der Waals surface area (Å²) in [5, 5.41) is 7.02. The Balaban J connectivity index is 1.85. The van der Waals surface area contributed by atoms with Crippen molar-refractivity contribution in [1.29, 1.82) is 0 Å². The first kappa shape index (κ1) is 16.6. The SMILES string of the molecule is CCOc1ccc2nc(C(=O)Nc3ccc(OC)cc3OC)cn2n1. The summed E-state index contributed by atoms with van der Waals surface area (Å²) in [4.78, 5) is 16.8. The molecule has 0 bridgehead atoms. The topological polar surface area (TPSA) is 87.0 Å². The molecule has 0 spiro atoms. The van der Waals surface area contributed by atoms with Crippen LogP contribution in [0.15, 0.2) is 36.5 Å². The number of anilines is 1. The van der Waals surface area contributed by atoms with Crippen LogP contribution in [0, 0.1) is 0 Å². The van der Waals surface area contributed by atoms with Gasteiger partial charge >= 0.3 is 0 Å². The Bertz CT molecular complexity index is 907. The molecule has 25 heavy (non-hydrogen) atoms. The summed E-state index contributed by atoms with van der Waals surface area (Å²) in [5.74, 6) is 1.23. The van der Waals surface area contributed by atoms with E-state index < -0.39 is 0 Å². The van der Waals surface area contributed by atoms with Gasteiger partial charge in [0.05, 0.1) is 32.7 Å². The number of methoxy groups -OCH3 is 2. The Kier molecular flexibility index (Phi) is 4.69. The first-order valence-electron chi connectivity index (χ1n) is 7.67. The van der Waals surface area contributed by atoms with Gasteiger partial charge in [0.15, 0.2) is 5.65 Å². The Hall–Kier alpha value is -3.29. The standard InChI is InChI=1S/C17H18N4O4/c1-4-25-16-8-7-15-18-13(10-21(15)20-16)17(22)19-12-6-5-11(23-2)9-14(12)24-3/h5-10H,4H2,1-3H3,(H,19,22). The van der Waals surface area contributed by atoms with E-state index in [1.165, 1.54) is 11.6 Å². The quantitative estimate of drug-likeness (QED) is 0.740. The normalized spacial score (nSPS) is 10.5. The number of amides is 1. The minimum Gasteiger partial charge on any atom is -0.497 e. The second-order valence-corrected chi connectivity index (χ2v) is 5.05. The third-order valence-corrected chi connectivity index (χ3v) is 3.48. The number of nitrogens with one attached hydrogen (secondary N) is 1. The first-order chi connectivity index (χ1) is 12.1. The van der Waals surface area contributed by atoms with Crippen molar-refractivity contribution in [1.82, 2.24) is 14.6 Å². The maximum absolute atomic E-state index is 12.5. The molecule has 1 N–H and O–H groups in total. The molecule has 8 nitrogen and oxygen atoms in total. The van der Waals surface area contributed by atoms with Crippen molar-refractivity contribution in [3.63, 3.8) is 0 Å². The molecule has 0 saturated carbocycles. The van der Waals surface area contributed by atoms with Crippen LogP contribution in [0.3, 0.4) is 0 Å². The minimum atomic E-state index is -0.369. The monoisotopic (exact) mass is 342 g/mol. The van der Waals surface area contributed by atoms with Gasteiger partial charge in [0.2, 0.25) is 5.88 Å². The predicted octanol–water partition coefficient (Wildman–Crippen LogP) is 2.40. The first-order valence-corrected chi connectivity index (χ1v) is 7.67.